The third kappa shape index (κ3) is 4.63. The Labute approximate surface area is 209 Å². The van der Waals surface area contributed by atoms with E-state index in [1.807, 2.05) is 24.3 Å². The predicted molar refractivity (Wildman–Crippen MR) is 127 cm³/mol. The first kappa shape index (κ1) is 26.8. The largest absolute Gasteiger partial charge is 0.441 e. The fourth-order valence-electron chi connectivity index (χ4n) is 4.29. The molecule has 2 heterocycles. The number of halogens is 6. The number of benzene rings is 2. The lowest BCUT2D eigenvalue weighted by Gasteiger charge is -2.32. The van der Waals surface area contributed by atoms with Crippen LogP contribution in [0.1, 0.15) is 49.0 Å². The van der Waals surface area contributed by atoms with Crippen LogP contribution in [0, 0.1) is 13.8 Å². The lowest BCUT2D eigenvalue weighted by Crippen LogP contribution is -2.53. The molecule has 4 rings (SSSR count). The molecule has 0 saturated carbocycles. The van der Waals surface area contributed by atoms with Crippen molar-refractivity contribution >= 4 is 10.9 Å². The highest BCUT2D eigenvalue weighted by atomic mass is 19.4. The number of aryl methyl sites for hydroxylation is 2. The Morgan fingerprint density at radius 1 is 0.838 bits per heavy atom. The smallest absolute Gasteiger partial charge is 0.430 e. The van der Waals surface area contributed by atoms with Gasteiger partial charge in [0.25, 0.3) is 5.60 Å². The van der Waals surface area contributed by atoms with Gasteiger partial charge in [0.1, 0.15) is 11.5 Å². The lowest BCUT2D eigenvalue weighted by molar-refractivity contribution is -0.376. The molecule has 2 aromatic carbocycles. The molecule has 0 fully saturated rings. The van der Waals surface area contributed by atoms with E-state index < -0.39 is 23.5 Å². The van der Waals surface area contributed by atoms with E-state index in [1.54, 1.807) is 18.4 Å². The number of rotatable bonds is 4. The third-order valence-corrected chi connectivity index (χ3v) is 6.55. The summed E-state index contributed by atoms with van der Waals surface area (Å²) in [5, 5.41) is 9.88. The number of hydrogen-bond donors (Lipinski definition) is 1. The SMILES string of the molecule is Cc1oc(-c2ccc(C(C)(C)C)cc2)nc1Cn1c(C)cc2cc(C(O)(C(F)(F)F)C(F)(F)F)ccc21. The van der Waals surface area contributed by atoms with E-state index in [4.69, 9.17) is 4.42 Å². The molecular weight excluding hydrogens is 498 g/mol. The summed E-state index contributed by atoms with van der Waals surface area (Å²) >= 11 is 0. The van der Waals surface area contributed by atoms with Crippen molar-refractivity contribution in [3.63, 3.8) is 0 Å². The van der Waals surface area contributed by atoms with E-state index in [-0.39, 0.29) is 17.3 Å². The van der Waals surface area contributed by atoms with Gasteiger partial charge in [0.2, 0.25) is 5.89 Å². The molecule has 198 valence electrons. The highest BCUT2D eigenvalue weighted by molar-refractivity contribution is 5.82. The van der Waals surface area contributed by atoms with Gasteiger partial charge in [0.05, 0.1) is 6.54 Å². The number of fused-ring (bicyclic) bond motifs is 1. The second-order valence-corrected chi connectivity index (χ2v) is 10.2. The van der Waals surface area contributed by atoms with Crippen LogP contribution < -0.4 is 0 Å². The van der Waals surface area contributed by atoms with Crippen LogP contribution in [0.5, 0.6) is 0 Å². The molecule has 2 aromatic heterocycles. The topological polar surface area (TPSA) is 51.2 Å². The zero-order valence-corrected chi connectivity index (χ0v) is 20.8. The maximum atomic E-state index is 13.3. The molecule has 10 heteroatoms. The molecule has 0 aliphatic carbocycles. The fraction of sp³-hybridized carbons (Fsp3) is 0.370. The van der Waals surface area contributed by atoms with Gasteiger partial charge >= 0.3 is 12.4 Å². The van der Waals surface area contributed by atoms with Crippen LogP contribution >= 0.6 is 0 Å². The Bertz CT molecular complexity index is 1420. The molecule has 4 aromatic rings. The van der Waals surface area contributed by atoms with E-state index in [9.17, 15) is 31.4 Å². The summed E-state index contributed by atoms with van der Waals surface area (Å²) in [6.45, 7) is 9.92. The first-order chi connectivity index (χ1) is 16.9. The van der Waals surface area contributed by atoms with Gasteiger partial charge in [0, 0.05) is 27.7 Å². The first-order valence-electron chi connectivity index (χ1n) is 11.5. The number of nitrogens with zero attached hydrogens (tertiary/aromatic N) is 2. The Balaban J connectivity index is 1.70. The maximum Gasteiger partial charge on any atom is 0.430 e. The summed E-state index contributed by atoms with van der Waals surface area (Å²) in [4.78, 5) is 4.59. The Morgan fingerprint density at radius 2 is 1.41 bits per heavy atom. The standard InChI is InChI=1S/C27H26F6N2O2/c1-15-12-18-13-20(25(36,26(28,29)30)27(31,32)33)10-11-22(18)35(15)14-21-16(2)37-23(34-21)17-6-8-19(9-7-17)24(3,4)5/h6-13,36H,14H2,1-5H3. The van der Waals surface area contributed by atoms with Crippen LogP contribution in [0.3, 0.4) is 0 Å². The molecule has 0 unspecified atom stereocenters. The molecule has 37 heavy (non-hydrogen) atoms. The normalized spacial score (nSPS) is 13.5. The van der Waals surface area contributed by atoms with Crippen molar-refractivity contribution in [2.75, 3.05) is 0 Å². The van der Waals surface area contributed by atoms with Crippen LogP contribution in [0.4, 0.5) is 26.3 Å². The van der Waals surface area contributed by atoms with Crippen LogP contribution in [-0.2, 0) is 17.6 Å². The minimum Gasteiger partial charge on any atom is -0.441 e. The first-order valence-corrected chi connectivity index (χ1v) is 11.5. The van der Waals surface area contributed by atoms with Crippen LogP contribution in [0.2, 0.25) is 0 Å². The summed E-state index contributed by atoms with van der Waals surface area (Å²) in [7, 11) is 0. The van der Waals surface area contributed by atoms with Crippen molar-refractivity contribution in [2.24, 2.45) is 0 Å². The Kier molecular flexibility index (Phi) is 6.26. The summed E-state index contributed by atoms with van der Waals surface area (Å²) in [6, 6.07) is 11.8. The van der Waals surface area contributed by atoms with Gasteiger partial charge in [-0.1, -0.05) is 39.0 Å². The summed E-state index contributed by atoms with van der Waals surface area (Å²) in [6.07, 6.45) is -11.9. The average Bonchev–Trinajstić information content (AvgIpc) is 3.30. The van der Waals surface area contributed by atoms with Crippen molar-refractivity contribution in [3.8, 4) is 11.5 Å². The predicted octanol–water partition coefficient (Wildman–Crippen LogP) is 7.57. The van der Waals surface area contributed by atoms with Crippen LogP contribution in [-0.4, -0.2) is 27.0 Å². The quantitative estimate of drug-likeness (QED) is 0.280. The molecule has 0 atom stereocenters. The van der Waals surface area contributed by atoms with E-state index >= 15 is 0 Å². The van der Waals surface area contributed by atoms with E-state index in [0.29, 0.717) is 34.6 Å². The van der Waals surface area contributed by atoms with Crippen LogP contribution in [0.25, 0.3) is 22.4 Å². The third-order valence-electron chi connectivity index (χ3n) is 6.55. The fourth-order valence-corrected chi connectivity index (χ4v) is 4.29. The molecule has 0 bridgehead atoms. The highest BCUT2D eigenvalue weighted by Gasteiger charge is 2.71. The maximum absolute atomic E-state index is 13.3. The van der Waals surface area contributed by atoms with E-state index in [1.165, 1.54) is 6.07 Å². The van der Waals surface area contributed by atoms with E-state index in [0.717, 1.165) is 23.3 Å². The molecule has 4 nitrogen and oxygen atoms in total. The van der Waals surface area contributed by atoms with Gasteiger partial charge in [0.15, 0.2) is 0 Å². The van der Waals surface area contributed by atoms with Gasteiger partial charge in [-0.2, -0.15) is 26.3 Å². The molecule has 0 amide bonds. The minimum absolute atomic E-state index is 0.0149. The van der Waals surface area contributed by atoms with Gasteiger partial charge in [-0.25, -0.2) is 4.98 Å². The molecule has 0 saturated heterocycles. The number of hydrogen-bond acceptors (Lipinski definition) is 3. The average molecular weight is 525 g/mol. The number of alkyl halides is 6. The summed E-state index contributed by atoms with van der Waals surface area (Å²) in [5.74, 6) is 0.945. The molecule has 0 aliphatic rings. The zero-order valence-electron chi connectivity index (χ0n) is 20.8. The molecule has 0 radical (unpaired) electrons. The second-order valence-electron chi connectivity index (χ2n) is 10.2. The van der Waals surface area contributed by atoms with Crippen LogP contribution in [0.15, 0.2) is 52.9 Å². The van der Waals surface area contributed by atoms with Crippen molar-refractivity contribution in [1.29, 1.82) is 0 Å². The summed E-state index contributed by atoms with van der Waals surface area (Å²) in [5.41, 5.74) is -2.81. The molecular formula is C27H26F6N2O2. The van der Waals surface area contributed by atoms with E-state index in [2.05, 4.69) is 25.8 Å². The monoisotopic (exact) mass is 524 g/mol. The molecule has 0 spiro atoms. The van der Waals surface area contributed by atoms with Crippen molar-refractivity contribution < 1.29 is 35.9 Å². The number of aliphatic hydroxyl groups is 1. The van der Waals surface area contributed by atoms with Gasteiger partial charge in [-0.05, 0) is 55.2 Å². The van der Waals surface area contributed by atoms with Gasteiger partial charge < -0.3 is 14.1 Å². The lowest BCUT2D eigenvalue weighted by atomic mass is 9.87. The minimum atomic E-state index is -5.95. The Hall–Kier alpha value is -3.27. The zero-order chi connectivity index (χ0) is 27.6. The number of aromatic nitrogens is 2. The van der Waals surface area contributed by atoms with Crippen molar-refractivity contribution in [3.05, 3.63) is 76.8 Å². The van der Waals surface area contributed by atoms with Crippen molar-refractivity contribution in [2.45, 2.75) is 64.5 Å². The van der Waals surface area contributed by atoms with Gasteiger partial charge in [-0.3, -0.25) is 0 Å². The van der Waals surface area contributed by atoms with Gasteiger partial charge in [-0.15, -0.1) is 0 Å². The number of oxazole rings is 1. The molecule has 0 aliphatic heterocycles. The summed E-state index contributed by atoms with van der Waals surface area (Å²) < 4.78 is 87.6. The van der Waals surface area contributed by atoms with Crippen molar-refractivity contribution in [1.82, 2.24) is 9.55 Å². The highest BCUT2D eigenvalue weighted by Crippen LogP contribution is 2.50. The Morgan fingerprint density at radius 3 is 1.95 bits per heavy atom. The molecule has 1 N–H and O–H groups in total. The second kappa shape index (κ2) is 8.65.